The molecule has 0 spiro atoms. The normalized spacial score (nSPS) is 12.4. The lowest BCUT2D eigenvalue weighted by molar-refractivity contribution is 0.0707. The summed E-state index contributed by atoms with van der Waals surface area (Å²) in [6.07, 6.45) is 1.11. The molecule has 1 aromatic rings. The van der Waals surface area contributed by atoms with Crippen LogP contribution in [0, 0.1) is 11.7 Å². The first-order valence-corrected chi connectivity index (χ1v) is 6.55. The van der Waals surface area contributed by atoms with Crippen LogP contribution in [0.1, 0.15) is 38.1 Å². The minimum atomic E-state index is -0.504. The van der Waals surface area contributed by atoms with Crippen molar-refractivity contribution >= 4 is 11.7 Å². The Balaban J connectivity index is 3.07. The van der Waals surface area contributed by atoms with E-state index in [1.807, 2.05) is 27.7 Å². The van der Waals surface area contributed by atoms with Crippen molar-refractivity contribution in [2.75, 3.05) is 18.9 Å². The number of pyridine rings is 1. The molecule has 0 aliphatic rings. The second-order valence-corrected chi connectivity index (χ2v) is 4.98. The van der Waals surface area contributed by atoms with Crippen molar-refractivity contribution in [1.82, 2.24) is 9.88 Å². The molecule has 1 heterocycles. The molecule has 0 aliphatic heterocycles. The summed E-state index contributed by atoms with van der Waals surface area (Å²) >= 11 is 0. The molecule has 0 saturated carbocycles. The summed E-state index contributed by atoms with van der Waals surface area (Å²) in [5, 5.41) is 2.98. The molecule has 0 aromatic carbocycles. The van der Waals surface area contributed by atoms with Gasteiger partial charge in [-0.1, -0.05) is 13.8 Å². The molecule has 0 bridgehead atoms. The third-order valence-corrected chi connectivity index (χ3v) is 3.33. The fourth-order valence-electron chi connectivity index (χ4n) is 1.73. The number of amides is 1. The van der Waals surface area contributed by atoms with Gasteiger partial charge in [0.1, 0.15) is 11.6 Å². The van der Waals surface area contributed by atoms with Crippen molar-refractivity contribution in [3.63, 3.8) is 0 Å². The summed E-state index contributed by atoms with van der Waals surface area (Å²) in [5.41, 5.74) is 0.275. The molecule has 1 amide bonds. The van der Waals surface area contributed by atoms with E-state index in [2.05, 4.69) is 10.3 Å². The third kappa shape index (κ3) is 3.66. The van der Waals surface area contributed by atoms with Gasteiger partial charge < -0.3 is 10.2 Å². The van der Waals surface area contributed by atoms with E-state index in [-0.39, 0.29) is 17.5 Å². The Bertz CT molecular complexity index is 448. The Morgan fingerprint density at radius 1 is 1.47 bits per heavy atom. The fourth-order valence-corrected chi connectivity index (χ4v) is 1.73. The molecule has 0 fully saturated rings. The zero-order valence-corrected chi connectivity index (χ0v) is 12.2. The lowest BCUT2D eigenvalue weighted by atomic mass is 10.0. The first kappa shape index (κ1) is 15.4. The summed E-state index contributed by atoms with van der Waals surface area (Å²) < 4.78 is 13.3. The highest BCUT2D eigenvalue weighted by molar-refractivity contribution is 5.98. The maximum absolute atomic E-state index is 13.3. The van der Waals surface area contributed by atoms with Crippen LogP contribution < -0.4 is 5.32 Å². The highest BCUT2D eigenvalue weighted by Crippen LogP contribution is 2.18. The summed E-state index contributed by atoms with van der Waals surface area (Å²) in [5.74, 6) is 0.0366. The number of hydrogen-bond donors (Lipinski definition) is 1. The van der Waals surface area contributed by atoms with Gasteiger partial charge in [-0.3, -0.25) is 4.79 Å². The molecule has 0 aliphatic carbocycles. The first-order valence-electron chi connectivity index (χ1n) is 6.55. The van der Waals surface area contributed by atoms with Crippen LogP contribution in [-0.4, -0.2) is 35.4 Å². The third-order valence-electron chi connectivity index (χ3n) is 3.33. The van der Waals surface area contributed by atoms with Gasteiger partial charge in [-0.25, -0.2) is 9.37 Å². The lowest BCUT2D eigenvalue weighted by Crippen LogP contribution is -2.38. The van der Waals surface area contributed by atoms with Crippen LogP contribution in [0.4, 0.5) is 10.2 Å². The number of anilines is 1. The molecular formula is C14H22FN3O. The van der Waals surface area contributed by atoms with Gasteiger partial charge in [0.15, 0.2) is 0 Å². The van der Waals surface area contributed by atoms with E-state index in [1.54, 1.807) is 11.9 Å². The Morgan fingerprint density at radius 3 is 2.63 bits per heavy atom. The first-order chi connectivity index (χ1) is 8.88. The van der Waals surface area contributed by atoms with Gasteiger partial charge in [-0.05, 0) is 25.8 Å². The number of halogens is 1. The number of hydrogen-bond acceptors (Lipinski definition) is 3. The molecule has 1 N–H and O–H groups in total. The van der Waals surface area contributed by atoms with E-state index in [9.17, 15) is 9.18 Å². The predicted octanol–water partition coefficient (Wildman–Crippen LogP) is 2.77. The zero-order valence-electron chi connectivity index (χ0n) is 12.2. The van der Waals surface area contributed by atoms with Crippen molar-refractivity contribution in [2.45, 2.75) is 33.7 Å². The molecule has 1 atom stereocenters. The molecular weight excluding hydrogens is 245 g/mol. The smallest absolute Gasteiger partial charge is 0.257 e. The van der Waals surface area contributed by atoms with E-state index in [0.717, 1.165) is 6.20 Å². The summed E-state index contributed by atoms with van der Waals surface area (Å²) in [7, 11) is 1.73. The zero-order chi connectivity index (χ0) is 14.6. The predicted molar refractivity (Wildman–Crippen MR) is 74.8 cm³/mol. The van der Waals surface area contributed by atoms with Crippen LogP contribution in [0.2, 0.25) is 0 Å². The highest BCUT2D eigenvalue weighted by atomic mass is 19.1. The van der Waals surface area contributed by atoms with Crippen LogP contribution in [-0.2, 0) is 0 Å². The van der Waals surface area contributed by atoms with Gasteiger partial charge in [-0.2, -0.15) is 0 Å². The van der Waals surface area contributed by atoms with Gasteiger partial charge in [0, 0.05) is 19.6 Å². The van der Waals surface area contributed by atoms with Crippen LogP contribution >= 0.6 is 0 Å². The monoisotopic (exact) mass is 267 g/mol. The van der Waals surface area contributed by atoms with E-state index in [0.29, 0.717) is 18.3 Å². The van der Waals surface area contributed by atoms with Gasteiger partial charge in [0.25, 0.3) is 5.91 Å². The van der Waals surface area contributed by atoms with Crippen molar-refractivity contribution in [1.29, 1.82) is 0 Å². The number of nitrogens with zero attached hydrogens (tertiary/aromatic N) is 2. The lowest BCUT2D eigenvalue weighted by Gasteiger charge is -2.28. The maximum atomic E-state index is 13.3. The minimum absolute atomic E-state index is 0.0743. The SMILES string of the molecule is CCNc1ncc(F)cc1C(=O)N(C)C(C)C(C)C. The Morgan fingerprint density at radius 2 is 2.11 bits per heavy atom. The van der Waals surface area contributed by atoms with Crippen LogP contribution in [0.25, 0.3) is 0 Å². The number of carbonyl (C=O) groups excluding carboxylic acids is 1. The Hall–Kier alpha value is -1.65. The Labute approximate surface area is 114 Å². The molecule has 1 rings (SSSR count). The van der Waals surface area contributed by atoms with Crippen molar-refractivity contribution in [2.24, 2.45) is 5.92 Å². The Kier molecular flexibility index (Phi) is 5.27. The van der Waals surface area contributed by atoms with E-state index >= 15 is 0 Å². The minimum Gasteiger partial charge on any atom is -0.370 e. The second kappa shape index (κ2) is 6.50. The summed E-state index contributed by atoms with van der Waals surface area (Å²) in [6.45, 7) is 8.59. The average Bonchev–Trinajstić information content (AvgIpc) is 2.38. The fraction of sp³-hybridized carbons (Fsp3) is 0.571. The molecule has 4 nitrogen and oxygen atoms in total. The van der Waals surface area contributed by atoms with Gasteiger partial charge in [-0.15, -0.1) is 0 Å². The standard InChI is InChI=1S/C14H22FN3O/c1-6-16-13-12(7-11(15)8-17-13)14(19)18(5)10(4)9(2)3/h7-10H,6H2,1-5H3,(H,16,17). The van der Waals surface area contributed by atoms with E-state index in [4.69, 9.17) is 0 Å². The maximum Gasteiger partial charge on any atom is 0.257 e. The molecule has 1 aromatic heterocycles. The summed E-state index contributed by atoms with van der Waals surface area (Å²) in [6, 6.07) is 1.31. The number of rotatable bonds is 5. The van der Waals surface area contributed by atoms with Crippen molar-refractivity contribution < 1.29 is 9.18 Å². The largest absolute Gasteiger partial charge is 0.370 e. The highest BCUT2D eigenvalue weighted by Gasteiger charge is 2.23. The summed E-state index contributed by atoms with van der Waals surface area (Å²) in [4.78, 5) is 18.0. The van der Waals surface area contributed by atoms with Crippen LogP contribution in [0.15, 0.2) is 12.3 Å². The average molecular weight is 267 g/mol. The van der Waals surface area contributed by atoms with Crippen LogP contribution in [0.5, 0.6) is 0 Å². The molecule has 0 radical (unpaired) electrons. The van der Waals surface area contributed by atoms with E-state index in [1.165, 1.54) is 6.07 Å². The second-order valence-electron chi connectivity index (χ2n) is 4.98. The molecule has 5 heteroatoms. The number of carbonyl (C=O) groups is 1. The molecule has 0 saturated heterocycles. The van der Waals surface area contributed by atoms with Gasteiger partial charge >= 0.3 is 0 Å². The van der Waals surface area contributed by atoms with E-state index < -0.39 is 5.82 Å². The topological polar surface area (TPSA) is 45.2 Å². The van der Waals surface area contributed by atoms with Crippen molar-refractivity contribution in [3.05, 3.63) is 23.6 Å². The molecule has 1 unspecified atom stereocenters. The van der Waals surface area contributed by atoms with Gasteiger partial charge in [0.05, 0.1) is 11.8 Å². The molecule has 19 heavy (non-hydrogen) atoms. The quantitative estimate of drug-likeness (QED) is 0.892. The van der Waals surface area contributed by atoms with Gasteiger partial charge in [0.2, 0.25) is 0 Å². The number of nitrogens with one attached hydrogen (secondary N) is 1. The number of aromatic nitrogens is 1. The van der Waals surface area contributed by atoms with Crippen LogP contribution in [0.3, 0.4) is 0 Å². The van der Waals surface area contributed by atoms with Crippen molar-refractivity contribution in [3.8, 4) is 0 Å². The molecule has 106 valence electrons.